The predicted octanol–water partition coefficient (Wildman–Crippen LogP) is 2.21. The summed E-state index contributed by atoms with van der Waals surface area (Å²) in [6.45, 7) is 1.05. The van der Waals surface area contributed by atoms with E-state index in [-0.39, 0.29) is 5.91 Å². The van der Waals surface area contributed by atoms with Crippen molar-refractivity contribution in [2.75, 3.05) is 25.2 Å². The summed E-state index contributed by atoms with van der Waals surface area (Å²) in [5.41, 5.74) is 1.93. The average Bonchev–Trinajstić information content (AvgIpc) is 2.83. The van der Waals surface area contributed by atoms with E-state index in [1.807, 2.05) is 61.9 Å². The summed E-state index contributed by atoms with van der Waals surface area (Å²) < 4.78 is 1.76. The number of benzene rings is 1. The molecule has 1 amide bonds. The van der Waals surface area contributed by atoms with Crippen LogP contribution in [0.25, 0.3) is 0 Å². The third-order valence-corrected chi connectivity index (χ3v) is 3.70. The van der Waals surface area contributed by atoms with Crippen molar-refractivity contribution in [1.29, 1.82) is 0 Å². The highest BCUT2D eigenvalue weighted by atomic mass is 32.2. The van der Waals surface area contributed by atoms with Crippen LogP contribution in [0.5, 0.6) is 0 Å². The number of nitrogens with one attached hydrogen (secondary N) is 1. The molecule has 6 heteroatoms. The van der Waals surface area contributed by atoms with Crippen LogP contribution in [0.4, 0.5) is 5.69 Å². The zero-order chi connectivity index (χ0) is 15.2. The molecule has 1 aromatic heterocycles. The summed E-state index contributed by atoms with van der Waals surface area (Å²) >= 11 is 1.66. The molecule has 0 atom stereocenters. The Morgan fingerprint density at radius 2 is 2.29 bits per heavy atom. The van der Waals surface area contributed by atoms with Crippen LogP contribution in [-0.4, -0.2) is 40.4 Å². The summed E-state index contributed by atoms with van der Waals surface area (Å²) in [6, 6.07) is 7.85. The van der Waals surface area contributed by atoms with Gasteiger partial charge in [-0.1, -0.05) is 6.07 Å². The van der Waals surface area contributed by atoms with Gasteiger partial charge in [-0.05, 0) is 31.5 Å². The number of rotatable bonds is 6. The van der Waals surface area contributed by atoms with Crippen LogP contribution < -0.4 is 5.32 Å². The third-order valence-electron chi connectivity index (χ3n) is 2.98. The average molecular weight is 304 g/mol. The van der Waals surface area contributed by atoms with E-state index in [9.17, 15) is 4.79 Å². The number of amides is 1. The summed E-state index contributed by atoms with van der Waals surface area (Å²) in [5.74, 6) is -0.0142. The Kier molecular flexibility index (Phi) is 5.41. The maximum Gasteiger partial charge on any atom is 0.238 e. The molecule has 0 spiro atoms. The molecule has 0 aliphatic heterocycles. The lowest BCUT2D eigenvalue weighted by Gasteiger charge is -2.15. The lowest BCUT2D eigenvalue weighted by molar-refractivity contribution is -0.117. The monoisotopic (exact) mass is 304 g/mol. The van der Waals surface area contributed by atoms with Crippen molar-refractivity contribution in [3.8, 4) is 0 Å². The van der Waals surface area contributed by atoms with E-state index in [1.54, 1.807) is 16.4 Å². The van der Waals surface area contributed by atoms with Crippen LogP contribution in [0.3, 0.4) is 0 Å². The fraction of sp³-hybridized carbons (Fsp3) is 0.333. The molecule has 1 heterocycles. The van der Waals surface area contributed by atoms with Crippen LogP contribution in [0.1, 0.15) is 5.56 Å². The van der Waals surface area contributed by atoms with Crippen LogP contribution >= 0.6 is 11.8 Å². The van der Waals surface area contributed by atoms with Crippen molar-refractivity contribution >= 4 is 23.4 Å². The minimum Gasteiger partial charge on any atom is -0.325 e. The molecule has 2 aromatic rings. The van der Waals surface area contributed by atoms with E-state index in [4.69, 9.17) is 0 Å². The molecule has 0 radical (unpaired) electrons. The molecule has 1 N–H and O–H groups in total. The Morgan fingerprint density at radius 3 is 2.95 bits per heavy atom. The first-order chi connectivity index (χ1) is 10.1. The van der Waals surface area contributed by atoms with E-state index >= 15 is 0 Å². The summed E-state index contributed by atoms with van der Waals surface area (Å²) in [4.78, 5) is 15.1. The molecule has 5 nitrogen and oxygen atoms in total. The molecule has 0 unspecified atom stereocenters. The Hall–Kier alpha value is -1.79. The second kappa shape index (κ2) is 7.28. The molecule has 2 rings (SSSR count). The van der Waals surface area contributed by atoms with E-state index < -0.39 is 0 Å². The first-order valence-corrected chi connectivity index (χ1v) is 7.89. The highest BCUT2D eigenvalue weighted by Gasteiger charge is 2.08. The van der Waals surface area contributed by atoms with Gasteiger partial charge < -0.3 is 5.32 Å². The van der Waals surface area contributed by atoms with Crippen LogP contribution in [0.2, 0.25) is 0 Å². The third kappa shape index (κ3) is 4.91. The number of thioether (sulfide) groups is 1. The number of nitrogens with zero attached hydrogens (tertiary/aromatic N) is 3. The van der Waals surface area contributed by atoms with Gasteiger partial charge in [0.15, 0.2) is 0 Å². The van der Waals surface area contributed by atoms with Gasteiger partial charge in [0.25, 0.3) is 0 Å². The van der Waals surface area contributed by atoms with Gasteiger partial charge in [-0.2, -0.15) is 5.10 Å². The van der Waals surface area contributed by atoms with Crippen molar-refractivity contribution < 1.29 is 4.79 Å². The Morgan fingerprint density at radius 1 is 1.48 bits per heavy atom. The zero-order valence-corrected chi connectivity index (χ0v) is 13.4. The van der Waals surface area contributed by atoms with E-state index in [2.05, 4.69) is 10.4 Å². The lowest BCUT2D eigenvalue weighted by atomic mass is 10.3. The molecular formula is C15H20N4OS. The second-order valence-electron chi connectivity index (χ2n) is 4.97. The lowest BCUT2D eigenvalue weighted by Crippen LogP contribution is -2.29. The topological polar surface area (TPSA) is 50.2 Å². The number of carbonyl (C=O) groups excluding carboxylic acids is 1. The maximum atomic E-state index is 12.0. The number of hydrogen-bond acceptors (Lipinski definition) is 4. The second-order valence-corrected chi connectivity index (χ2v) is 5.85. The van der Waals surface area contributed by atoms with E-state index in [1.165, 1.54) is 0 Å². The van der Waals surface area contributed by atoms with Crippen LogP contribution in [0.15, 0.2) is 41.6 Å². The quantitative estimate of drug-likeness (QED) is 0.831. The minimum absolute atomic E-state index is 0.0142. The molecule has 21 heavy (non-hydrogen) atoms. The van der Waals surface area contributed by atoms with Crippen molar-refractivity contribution in [3.05, 3.63) is 42.2 Å². The molecule has 1 aromatic carbocycles. The first-order valence-electron chi connectivity index (χ1n) is 6.67. The van der Waals surface area contributed by atoms with Gasteiger partial charge in [-0.15, -0.1) is 11.8 Å². The number of aromatic nitrogens is 2. The van der Waals surface area contributed by atoms with Gasteiger partial charge in [-0.3, -0.25) is 14.4 Å². The Balaban J connectivity index is 1.85. The van der Waals surface area contributed by atoms with Gasteiger partial charge in [-0.25, -0.2) is 0 Å². The number of likely N-dealkylation sites (N-methyl/N-ethyl adjacent to an activating group) is 1. The molecule has 0 saturated heterocycles. The smallest absolute Gasteiger partial charge is 0.238 e. The van der Waals surface area contributed by atoms with Crippen molar-refractivity contribution in [2.45, 2.75) is 11.4 Å². The SMILES string of the molecule is CSc1cccc(NC(=O)CN(C)Cc2cnn(C)c2)c1. The van der Waals surface area contributed by atoms with Crippen molar-refractivity contribution in [3.63, 3.8) is 0 Å². The predicted molar refractivity (Wildman–Crippen MR) is 86.4 cm³/mol. The number of aryl methyl sites for hydroxylation is 1. The summed E-state index contributed by atoms with van der Waals surface area (Å²) in [6.07, 6.45) is 5.79. The van der Waals surface area contributed by atoms with Gasteiger partial charge >= 0.3 is 0 Å². The summed E-state index contributed by atoms with van der Waals surface area (Å²) in [5, 5.41) is 7.05. The highest BCUT2D eigenvalue weighted by molar-refractivity contribution is 7.98. The van der Waals surface area contributed by atoms with Gasteiger partial charge in [0.05, 0.1) is 12.7 Å². The highest BCUT2D eigenvalue weighted by Crippen LogP contribution is 2.18. The normalized spacial score (nSPS) is 10.9. The maximum absolute atomic E-state index is 12.0. The van der Waals surface area contributed by atoms with Gasteiger partial charge in [0, 0.05) is 35.9 Å². The molecule has 0 aliphatic carbocycles. The summed E-state index contributed by atoms with van der Waals surface area (Å²) in [7, 11) is 3.81. The Labute approximate surface area is 129 Å². The largest absolute Gasteiger partial charge is 0.325 e. The van der Waals surface area contributed by atoms with Crippen molar-refractivity contribution in [2.24, 2.45) is 7.05 Å². The number of carbonyl (C=O) groups is 1. The first kappa shape index (κ1) is 15.6. The Bertz CT molecular complexity index is 611. The van der Waals surface area contributed by atoms with Crippen LogP contribution in [-0.2, 0) is 18.4 Å². The molecule has 112 valence electrons. The fourth-order valence-electron chi connectivity index (χ4n) is 2.07. The van der Waals surface area contributed by atoms with Gasteiger partial charge in [0.1, 0.15) is 0 Å². The van der Waals surface area contributed by atoms with Gasteiger partial charge in [0.2, 0.25) is 5.91 Å². The standard InChI is InChI=1S/C15H20N4OS/c1-18(9-12-8-16-19(2)10-12)11-15(20)17-13-5-4-6-14(7-13)21-3/h4-8,10H,9,11H2,1-3H3,(H,17,20). The fourth-order valence-corrected chi connectivity index (χ4v) is 2.53. The van der Waals surface area contributed by atoms with E-state index in [0.717, 1.165) is 16.1 Å². The van der Waals surface area contributed by atoms with Crippen molar-refractivity contribution in [1.82, 2.24) is 14.7 Å². The van der Waals surface area contributed by atoms with E-state index in [0.29, 0.717) is 13.1 Å². The molecule has 0 fully saturated rings. The molecule has 0 bridgehead atoms. The number of anilines is 1. The molecule has 0 saturated carbocycles. The minimum atomic E-state index is -0.0142. The van der Waals surface area contributed by atoms with Crippen LogP contribution in [0, 0.1) is 0 Å². The molecule has 0 aliphatic rings. The number of hydrogen-bond donors (Lipinski definition) is 1. The molecular weight excluding hydrogens is 284 g/mol. The zero-order valence-electron chi connectivity index (χ0n) is 12.5.